The largest absolute Gasteiger partial charge is 0.396 e. The summed E-state index contributed by atoms with van der Waals surface area (Å²) in [5.74, 6) is -0.962. The maximum absolute atomic E-state index is 13.9. The lowest BCUT2D eigenvalue weighted by Crippen LogP contribution is -2.38. The molecule has 1 aliphatic carbocycles. The molecule has 0 aliphatic heterocycles. The van der Waals surface area contributed by atoms with Crippen LogP contribution in [0.2, 0.25) is 5.02 Å². The molecule has 0 aromatic heterocycles. The van der Waals surface area contributed by atoms with Crippen LogP contribution < -0.4 is 10.5 Å². The lowest BCUT2D eigenvalue weighted by Gasteiger charge is -2.26. The van der Waals surface area contributed by atoms with Crippen molar-refractivity contribution < 1.29 is 12.8 Å². The molecule has 0 saturated heterocycles. The van der Waals surface area contributed by atoms with Gasteiger partial charge in [-0.15, -0.1) is 0 Å². The summed E-state index contributed by atoms with van der Waals surface area (Å²) in [5.41, 5.74) is 5.16. The van der Waals surface area contributed by atoms with Gasteiger partial charge in [0.05, 0.1) is 5.69 Å². The quantitative estimate of drug-likeness (QED) is 0.799. The van der Waals surface area contributed by atoms with Gasteiger partial charge in [0.15, 0.2) is 5.82 Å². The molecule has 1 aromatic rings. The van der Waals surface area contributed by atoms with Crippen molar-refractivity contribution in [2.24, 2.45) is 0 Å². The van der Waals surface area contributed by atoms with Crippen molar-refractivity contribution in [3.8, 4) is 0 Å². The van der Waals surface area contributed by atoms with Crippen molar-refractivity contribution in [3.05, 3.63) is 23.0 Å². The molecule has 8 heteroatoms. The summed E-state index contributed by atoms with van der Waals surface area (Å²) >= 11 is 7.42. The number of halogens is 2. The first-order valence-electron chi connectivity index (χ1n) is 6.59. The van der Waals surface area contributed by atoms with Crippen molar-refractivity contribution in [2.45, 2.75) is 35.3 Å². The summed E-state index contributed by atoms with van der Waals surface area (Å²) in [6, 6.07) is 2.27. The number of thioether (sulfide) groups is 1. The van der Waals surface area contributed by atoms with Crippen molar-refractivity contribution in [1.82, 2.24) is 4.72 Å². The first-order chi connectivity index (χ1) is 9.80. The fourth-order valence-corrected chi connectivity index (χ4v) is 5.11. The maximum atomic E-state index is 13.9. The minimum Gasteiger partial charge on any atom is -0.396 e. The Morgan fingerprint density at radius 3 is 2.62 bits per heavy atom. The second-order valence-corrected chi connectivity index (χ2v) is 8.67. The lowest BCUT2D eigenvalue weighted by atomic mass is 10.1. The van der Waals surface area contributed by atoms with Crippen LogP contribution in [0.4, 0.5) is 10.1 Å². The third kappa shape index (κ3) is 3.64. The molecule has 3 N–H and O–H groups in total. The Bertz CT molecular complexity index is 631. The predicted molar refractivity (Wildman–Crippen MR) is 85.7 cm³/mol. The number of sulfonamides is 1. The Balaban J connectivity index is 2.23. The standard InChI is InChI=1S/C13H18ClFN2O2S2/c1-20-13(4-2-3-5-13)8-17-21(18,19)11-7-9(14)6-10(16)12(11)15/h6-7,17H,2-5,8,16H2,1H3. The zero-order valence-corrected chi connectivity index (χ0v) is 14.0. The summed E-state index contributed by atoms with van der Waals surface area (Å²) in [6.07, 6.45) is 6.05. The van der Waals surface area contributed by atoms with E-state index in [0.29, 0.717) is 0 Å². The van der Waals surface area contributed by atoms with Crippen molar-refractivity contribution in [3.63, 3.8) is 0 Å². The number of rotatable bonds is 5. The molecule has 1 saturated carbocycles. The monoisotopic (exact) mass is 352 g/mol. The summed E-state index contributed by atoms with van der Waals surface area (Å²) in [4.78, 5) is -0.498. The van der Waals surface area contributed by atoms with Gasteiger partial charge in [-0.25, -0.2) is 17.5 Å². The summed E-state index contributed by atoms with van der Waals surface area (Å²) in [5, 5.41) is 0.0923. The zero-order valence-electron chi connectivity index (χ0n) is 11.7. The number of nitrogen functional groups attached to an aromatic ring is 1. The van der Waals surface area contributed by atoms with Gasteiger partial charge in [-0.3, -0.25) is 0 Å². The van der Waals surface area contributed by atoms with E-state index in [9.17, 15) is 12.8 Å². The molecule has 118 valence electrons. The van der Waals surface area contributed by atoms with E-state index in [1.807, 2.05) is 6.26 Å². The number of hydrogen-bond acceptors (Lipinski definition) is 4. The van der Waals surface area contributed by atoms with Gasteiger partial charge in [0, 0.05) is 16.3 Å². The smallest absolute Gasteiger partial charge is 0.243 e. The van der Waals surface area contributed by atoms with Crippen LogP contribution in [0, 0.1) is 5.82 Å². The molecule has 21 heavy (non-hydrogen) atoms. The number of nitrogens with one attached hydrogen (secondary N) is 1. The van der Waals surface area contributed by atoms with Gasteiger partial charge in [-0.1, -0.05) is 24.4 Å². The minimum absolute atomic E-state index is 0.0923. The average Bonchev–Trinajstić information content (AvgIpc) is 2.90. The minimum atomic E-state index is -3.97. The second kappa shape index (κ2) is 6.32. The average molecular weight is 353 g/mol. The highest BCUT2D eigenvalue weighted by Crippen LogP contribution is 2.40. The third-order valence-corrected chi connectivity index (χ3v) is 6.89. The highest BCUT2D eigenvalue weighted by atomic mass is 35.5. The molecule has 0 spiro atoms. The molecule has 2 rings (SSSR count). The van der Waals surface area contributed by atoms with Crippen LogP contribution in [0.1, 0.15) is 25.7 Å². The molecule has 1 aliphatic rings. The number of nitrogens with two attached hydrogens (primary N) is 1. The van der Waals surface area contributed by atoms with Gasteiger partial charge in [-0.05, 0) is 31.2 Å². The Labute approximate surface area is 133 Å². The third-order valence-electron chi connectivity index (χ3n) is 3.85. The van der Waals surface area contributed by atoms with Gasteiger partial charge in [0.2, 0.25) is 10.0 Å². The Morgan fingerprint density at radius 1 is 1.43 bits per heavy atom. The normalized spacial score (nSPS) is 18.0. The SMILES string of the molecule is CSC1(CNS(=O)(=O)c2cc(Cl)cc(N)c2F)CCCC1. The van der Waals surface area contributed by atoms with Crippen LogP contribution in [-0.4, -0.2) is 26.0 Å². The van der Waals surface area contributed by atoms with E-state index in [-0.39, 0.29) is 22.0 Å². The van der Waals surface area contributed by atoms with Crippen LogP contribution in [0.25, 0.3) is 0 Å². The van der Waals surface area contributed by atoms with E-state index in [4.69, 9.17) is 17.3 Å². The van der Waals surface area contributed by atoms with Crippen LogP contribution in [0.3, 0.4) is 0 Å². The molecule has 4 nitrogen and oxygen atoms in total. The summed E-state index contributed by atoms with van der Waals surface area (Å²) < 4.78 is 40.9. The summed E-state index contributed by atoms with van der Waals surface area (Å²) in [6.45, 7) is 0.280. The molecule has 0 amide bonds. The molecule has 1 fully saturated rings. The van der Waals surface area contributed by atoms with Gasteiger partial charge in [0.1, 0.15) is 4.90 Å². The molecule has 0 unspecified atom stereocenters. The van der Waals surface area contributed by atoms with Crippen molar-refractivity contribution in [2.75, 3.05) is 18.5 Å². The zero-order chi connectivity index (χ0) is 15.7. The lowest BCUT2D eigenvalue weighted by molar-refractivity contribution is 0.539. The Kier molecular flexibility index (Phi) is 5.07. The summed E-state index contributed by atoms with van der Waals surface area (Å²) in [7, 11) is -3.97. The molecule has 0 radical (unpaired) electrons. The first kappa shape index (κ1) is 16.9. The molecular weight excluding hydrogens is 335 g/mol. The predicted octanol–water partition coefficient (Wildman–Crippen LogP) is 3.02. The van der Waals surface area contributed by atoms with Crippen LogP contribution >= 0.6 is 23.4 Å². The molecule has 1 aromatic carbocycles. The maximum Gasteiger partial charge on any atom is 0.243 e. The van der Waals surface area contributed by atoms with E-state index in [1.54, 1.807) is 11.8 Å². The highest BCUT2D eigenvalue weighted by Gasteiger charge is 2.34. The van der Waals surface area contributed by atoms with Gasteiger partial charge in [-0.2, -0.15) is 11.8 Å². The number of hydrogen-bond donors (Lipinski definition) is 2. The Morgan fingerprint density at radius 2 is 2.05 bits per heavy atom. The topological polar surface area (TPSA) is 72.2 Å². The van der Waals surface area contributed by atoms with Gasteiger partial charge < -0.3 is 5.73 Å². The van der Waals surface area contributed by atoms with E-state index < -0.39 is 20.7 Å². The van der Waals surface area contributed by atoms with Crippen LogP contribution in [-0.2, 0) is 10.0 Å². The molecular formula is C13H18ClFN2O2S2. The van der Waals surface area contributed by atoms with Gasteiger partial charge in [0.25, 0.3) is 0 Å². The van der Waals surface area contributed by atoms with Gasteiger partial charge >= 0.3 is 0 Å². The van der Waals surface area contributed by atoms with E-state index >= 15 is 0 Å². The Hall–Kier alpha value is -0.500. The van der Waals surface area contributed by atoms with E-state index in [0.717, 1.165) is 31.7 Å². The molecule has 0 heterocycles. The fourth-order valence-electron chi connectivity index (χ4n) is 2.56. The van der Waals surface area contributed by atoms with Crippen LogP contribution in [0.15, 0.2) is 17.0 Å². The van der Waals surface area contributed by atoms with E-state index in [1.165, 1.54) is 6.07 Å². The first-order valence-corrected chi connectivity index (χ1v) is 9.68. The number of anilines is 1. The highest BCUT2D eigenvalue weighted by molar-refractivity contribution is 8.00. The molecule has 0 atom stereocenters. The fraction of sp³-hybridized carbons (Fsp3) is 0.538. The van der Waals surface area contributed by atoms with Crippen LogP contribution in [0.5, 0.6) is 0 Å². The number of benzene rings is 1. The molecule has 0 bridgehead atoms. The van der Waals surface area contributed by atoms with E-state index in [2.05, 4.69) is 4.72 Å². The van der Waals surface area contributed by atoms with Crippen molar-refractivity contribution in [1.29, 1.82) is 0 Å². The second-order valence-electron chi connectivity index (χ2n) is 5.23. The van der Waals surface area contributed by atoms with Crippen molar-refractivity contribution >= 4 is 39.1 Å².